The molecule has 0 bridgehead atoms. The smallest absolute Gasteiger partial charge is 0.295 e. The van der Waals surface area contributed by atoms with Gasteiger partial charge in [-0.1, -0.05) is 18.2 Å². The number of aryl methyl sites for hydroxylation is 1. The zero-order valence-electron chi connectivity index (χ0n) is 20.0. The van der Waals surface area contributed by atoms with E-state index in [4.69, 9.17) is 4.74 Å². The molecule has 1 aliphatic heterocycles. The molecule has 2 aromatic carbocycles. The maximum Gasteiger partial charge on any atom is 0.295 e. The third-order valence-electron chi connectivity index (χ3n) is 5.82. The molecule has 1 amide bonds. The maximum atomic E-state index is 13.2. The zero-order valence-corrected chi connectivity index (χ0v) is 20.0. The van der Waals surface area contributed by atoms with E-state index in [1.807, 2.05) is 20.8 Å². The van der Waals surface area contributed by atoms with Crippen LogP contribution in [0, 0.1) is 17.0 Å². The summed E-state index contributed by atoms with van der Waals surface area (Å²) < 4.78 is 5.76. The van der Waals surface area contributed by atoms with Gasteiger partial charge in [0.25, 0.3) is 17.4 Å². The van der Waals surface area contributed by atoms with Crippen LogP contribution in [-0.4, -0.2) is 37.7 Å². The molecule has 9 nitrogen and oxygen atoms in total. The number of pyridine rings is 1. The minimum absolute atomic E-state index is 0.0305. The second-order valence-corrected chi connectivity index (χ2v) is 8.79. The van der Waals surface area contributed by atoms with Crippen molar-refractivity contribution >= 4 is 23.1 Å². The number of aliphatic hydroxyl groups excluding tert-OH is 1. The molecule has 0 spiro atoms. The first-order valence-corrected chi connectivity index (χ1v) is 11.4. The van der Waals surface area contributed by atoms with Gasteiger partial charge in [-0.3, -0.25) is 24.7 Å². The van der Waals surface area contributed by atoms with Gasteiger partial charge < -0.3 is 14.7 Å². The Morgan fingerprint density at radius 2 is 1.94 bits per heavy atom. The number of nitro groups is 1. The molecule has 184 valence electrons. The SMILES string of the molecule is Cc1cc(/C(O)=C2/C(=O)C(=O)N(Cc3cccnc3)C2c2cccc([N+](=O)[O-])c2)ccc1OC(C)C. The van der Waals surface area contributed by atoms with Crippen LogP contribution in [0.2, 0.25) is 0 Å². The van der Waals surface area contributed by atoms with Gasteiger partial charge in [-0.15, -0.1) is 0 Å². The van der Waals surface area contributed by atoms with Crippen molar-refractivity contribution in [2.24, 2.45) is 0 Å². The number of hydrogen-bond acceptors (Lipinski definition) is 7. The molecular formula is C27H25N3O6. The monoisotopic (exact) mass is 487 g/mol. The van der Waals surface area contributed by atoms with Gasteiger partial charge in [-0.25, -0.2) is 0 Å². The molecule has 9 heteroatoms. The van der Waals surface area contributed by atoms with E-state index >= 15 is 0 Å². The Morgan fingerprint density at radius 1 is 1.17 bits per heavy atom. The summed E-state index contributed by atoms with van der Waals surface area (Å²) in [5.74, 6) is -1.41. The number of non-ortho nitro benzene ring substituents is 1. The Balaban J connectivity index is 1.86. The summed E-state index contributed by atoms with van der Waals surface area (Å²) in [6.45, 7) is 5.64. The van der Waals surface area contributed by atoms with Crippen LogP contribution in [0.15, 0.2) is 72.6 Å². The molecule has 1 aromatic heterocycles. The number of nitrogens with zero attached hydrogens (tertiary/aromatic N) is 3. The highest BCUT2D eigenvalue weighted by Gasteiger charge is 2.46. The van der Waals surface area contributed by atoms with Gasteiger partial charge in [0, 0.05) is 36.6 Å². The van der Waals surface area contributed by atoms with Crippen molar-refractivity contribution < 1.29 is 24.4 Å². The highest BCUT2D eigenvalue weighted by molar-refractivity contribution is 6.46. The molecule has 0 saturated carbocycles. The first kappa shape index (κ1) is 24.6. The van der Waals surface area contributed by atoms with E-state index in [1.165, 1.54) is 23.1 Å². The first-order valence-electron chi connectivity index (χ1n) is 11.4. The molecule has 2 heterocycles. The van der Waals surface area contributed by atoms with Crippen LogP contribution in [0.25, 0.3) is 5.76 Å². The fraction of sp³-hybridized carbons (Fsp3) is 0.222. The van der Waals surface area contributed by atoms with Crippen molar-refractivity contribution in [2.75, 3.05) is 0 Å². The van der Waals surface area contributed by atoms with E-state index in [0.29, 0.717) is 22.4 Å². The largest absolute Gasteiger partial charge is 0.507 e. The molecule has 3 aromatic rings. The minimum atomic E-state index is -1.03. The fourth-order valence-electron chi connectivity index (χ4n) is 4.22. The van der Waals surface area contributed by atoms with Gasteiger partial charge in [0.2, 0.25) is 0 Å². The number of aromatic nitrogens is 1. The van der Waals surface area contributed by atoms with Gasteiger partial charge in [-0.2, -0.15) is 0 Å². The third-order valence-corrected chi connectivity index (χ3v) is 5.82. The number of nitro benzene ring substituents is 1. The molecular weight excluding hydrogens is 462 g/mol. The first-order chi connectivity index (χ1) is 17.2. The average molecular weight is 488 g/mol. The quantitative estimate of drug-likeness (QED) is 0.168. The van der Waals surface area contributed by atoms with E-state index in [-0.39, 0.29) is 29.7 Å². The lowest BCUT2D eigenvalue weighted by atomic mass is 9.94. The number of ether oxygens (including phenoxy) is 1. The maximum absolute atomic E-state index is 13.2. The van der Waals surface area contributed by atoms with E-state index in [0.717, 1.165) is 5.56 Å². The molecule has 1 N–H and O–H groups in total. The number of amides is 1. The molecule has 1 atom stereocenters. The number of rotatable bonds is 7. The molecule has 36 heavy (non-hydrogen) atoms. The molecule has 0 aliphatic carbocycles. The average Bonchev–Trinajstić information content (AvgIpc) is 3.10. The number of ketones is 1. The Morgan fingerprint density at radius 3 is 2.58 bits per heavy atom. The van der Waals surface area contributed by atoms with E-state index in [9.17, 15) is 24.8 Å². The van der Waals surface area contributed by atoms with Crippen LogP contribution >= 0.6 is 0 Å². The summed E-state index contributed by atoms with van der Waals surface area (Å²) in [7, 11) is 0. The van der Waals surface area contributed by atoms with Crippen molar-refractivity contribution in [3.8, 4) is 5.75 Å². The van der Waals surface area contributed by atoms with Crippen LogP contribution in [0.3, 0.4) is 0 Å². The summed E-state index contributed by atoms with van der Waals surface area (Å²) >= 11 is 0. The molecule has 1 unspecified atom stereocenters. The predicted molar refractivity (Wildman–Crippen MR) is 132 cm³/mol. The topological polar surface area (TPSA) is 123 Å². The second-order valence-electron chi connectivity index (χ2n) is 8.79. The van der Waals surface area contributed by atoms with Crippen molar-refractivity contribution in [1.82, 2.24) is 9.88 Å². The summed E-state index contributed by atoms with van der Waals surface area (Å²) in [5, 5.41) is 22.7. The summed E-state index contributed by atoms with van der Waals surface area (Å²) in [4.78, 5) is 42.6. The Labute approximate surface area is 207 Å². The Hall–Kier alpha value is -4.53. The number of benzene rings is 2. The van der Waals surface area contributed by atoms with Crippen LogP contribution in [-0.2, 0) is 16.1 Å². The Kier molecular flexibility index (Phi) is 6.82. The molecule has 0 radical (unpaired) electrons. The van der Waals surface area contributed by atoms with E-state index in [1.54, 1.807) is 48.8 Å². The predicted octanol–water partition coefficient (Wildman–Crippen LogP) is 4.71. The number of aliphatic hydroxyl groups is 1. The fourth-order valence-corrected chi connectivity index (χ4v) is 4.22. The van der Waals surface area contributed by atoms with Gasteiger partial charge >= 0.3 is 0 Å². The van der Waals surface area contributed by atoms with Crippen LogP contribution < -0.4 is 4.74 Å². The number of carbonyl (C=O) groups excluding carboxylic acids is 2. The van der Waals surface area contributed by atoms with Crippen molar-refractivity contribution in [3.63, 3.8) is 0 Å². The van der Waals surface area contributed by atoms with Crippen molar-refractivity contribution in [3.05, 3.63) is 105 Å². The summed E-state index contributed by atoms with van der Waals surface area (Å²) in [6.07, 6.45) is 3.11. The van der Waals surface area contributed by atoms with Gasteiger partial charge in [-0.05, 0) is 61.7 Å². The molecule has 1 saturated heterocycles. The number of carbonyl (C=O) groups is 2. The van der Waals surface area contributed by atoms with E-state index in [2.05, 4.69) is 4.98 Å². The van der Waals surface area contributed by atoms with E-state index < -0.39 is 22.7 Å². The second kappa shape index (κ2) is 9.99. The molecule has 1 aliphatic rings. The van der Waals surface area contributed by atoms with Gasteiger partial charge in [0.1, 0.15) is 11.5 Å². The normalized spacial score (nSPS) is 17.0. The zero-order chi connectivity index (χ0) is 26.0. The van der Waals surface area contributed by atoms with Crippen molar-refractivity contribution in [1.29, 1.82) is 0 Å². The lowest BCUT2D eigenvalue weighted by Crippen LogP contribution is -2.29. The Bertz CT molecular complexity index is 1370. The minimum Gasteiger partial charge on any atom is -0.507 e. The van der Waals surface area contributed by atoms with Gasteiger partial charge in [0.05, 0.1) is 22.6 Å². The third kappa shape index (κ3) is 4.81. The summed E-state index contributed by atoms with van der Waals surface area (Å²) in [5.41, 5.74) is 1.75. The van der Waals surface area contributed by atoms with Crippen LogP contribution in [0.5, 0.6) is 5.75 Å². The standard InChI is InChI=1S/C27H25N3O6/c1-16(2)36-22-10-9-20(12-17(22)3)25(31)23-24(19-7-4-8-21(13-19)30(34)35)29(27(33)26(23)32)15-18-6-5-11-28-14-18/h4-14,16,24,31H,15H2,1-3H3/b25-23-. The van der Waals surface area contributed by atoms with Crippen molar-refractivity contribution in [2.45, 2.75) is 39.5 Å². The van der Waals surface area contributed by atoms with Crippen LogP contribution in [0.1, 0.15) is 42.1 Å². The van der Waals surface area contributed by atoms with Gasteiger partial charge in [0.15, 0.2) is 0 Å². The molecule has 4 rings (SSSR count). The summed E-state index contributed by atoms with van der Waals surface area (Å²) in [6, 6.07) is 13.1. The lowest BCUT2D eigenvalue weighted by molar-refractivity contribution is -0.384. The highest BCUT2D eigenvalue weighted by Crippen LogP contribution is 2.41. The number of Topliss-reactive ketones (excluding diaryl/α,β-unsaturated/α-hetero) is 1. The highest BCUT2D eigenvalue weighted by atomic mass is 16.6. The number of hydrogen-bond donors (Lipinski definition) is 1. The van der Waals surface area contributed by atoms with Crippen LogP contribution in [0.4, 0.5) is 5.69 Å². The molecule has 1 fully saturated rings. The number of likely N-dealkylation sites (tertiary alicyclic amines) is 1. The lowest BCUT2D eigenvalue weighted by Gasteiger charge is -2.25.